The Labute approximate surface area is 122 Å². The van der Waals surface area contributed by atoms with Crippen molar-refractivity contribution in [2.24, 2.45) is 0 Å². The van der Waals surface area contributed by atoms with Crippen molar-refractivity contribution in [1.82, 2.24) is 5.32 Å². The van der Waals surface area contributed by atoms with Crippen LogP contribution < -0.4 is 10.1 Å². The topological polar surface area (TPSA) is 30.5 Å². The van der Waals surface area contributed by atoms with Crippen LogP contribution in [0.5, 0.6) is 5.75 Å². The number of rotatable bonds is 8. The van der Waals surface area contributed by atoms with Gasteiger partial charge in [0.05, 0.1) is 12.7 Å². The molecule has 0 aliphatic carbocycles. The quantitative estimate of drug-likeness (QED) is 0.735. The lowest BCUT2D eigenvalue weighted by atomic mass is 10.1. The van der Waals surface area contributed by atoms with E-state index in [0.717, 1.165) is 31.9 Å². The molecule has 2 rings (SSSR count). The van der Waals surface area contributed by atoms with Gasteiger partial charge in [-0.25, -0.2) is 0 Å². The number of nitrogens with one attached hydrogen (secondary N) is 1. The summed E-state index contributed by atoms with van der Waals surface area (Å²) in [7, 11) is 0. The Hall–Kier alpha value is -1.06. The summed E-state index contributed by atoms with van der Waals surface area (Å²) >= 11 is 0. The standard InChI is InChI=1S/C17H27NO2/c1-3-4-10-19-16-8-5-7-15(12-16)14(2)18-13-17-9-6-11-20-17/h5,7-8,12,14,17-18H,3-4,6,9-11,13H2,1-2H3/t14-,17-/m0/s1. The van der Waals surface area contributed by atoms with E-state index >= 15 is 0 Å². The normalized spacial score (nSPS) is 20.0. The van der Waals surface area contributed by atoms with Crippen LogP contribution in [-0.2, 0) is 4.74 Å². The average molecular weight is 277 g/mol. The molecule has 0 saturated carbocycles. The first-order chi connectivity index (χ1) is 9.79. The van der Waals surface area contributed by atoms with Crippen LogP contribution >= 0.6 is 0 Å². The van der Waals surface area contributed by atoms with Crippen LogP contribution in [0.25, 0.3) is 0 Å². The van der Waals surface area contributed by atoms with Crippen LogP contribution in [0, 0.1) is 0 Å². The third-order valence-corrected chi connectivity index (χ3v) is 3.80. The molecule has 1 N–H and O–H groups in total. The summed E-state index contributed by atoms with van der Waals surface area (Å²) in [4.78, 5) is 0. The highest BCUT2D eigenvalue weighted by Gasteiger charge is 2.16. The minimum Gasteiger partial charge on any atom is -0.494 e. The second-order valence-corrected chi connectivity index (χ2v) is 5.54. The SMILES string of the molecule is CCCCOc1cccc([C@H](C)NC[C@@H]2CCCO2)c1. The van der Waals surface area contributed by atoms with Gasteiger partial charge >= 0.3 is 0 Å². The Morgan fingerprint density at radius 1 is 1.45 bits per heavy atom. The fraction of sp³-hybridized carbons (Fsp3) is 0.647. The van der Waals surface area contributed by atoms with Gasteiger partial charge in [-0.2, -0.15) is 0 Å². The van der Waals surface area contributed by atoms with Crippen molar-refractivity contribution in [3.05, 3.63) is 29.8 Å². The predicted octanol–water partition coefficient (Wildman–Crippen LogP) is 3.70. The third kappa shape index (κ3) is 4.80. The Bertz CT molecular complexity index is 388. The molecule has 3 heteroatoms. The van der Waals surface area contributed by atoms with Gasteiger partial charge < -0.3 is 14.8 Å². The van der Waals surface area contributed by atoms with Gasteiger partial charge in [0.15, 0.2) is 0 Å². The zero-order valence-electron chi connectivity index (χ0n) is 12.7. The van der Waals surface area contributed by atoms with Gasteiger partial charge in [0.2, 0.25) is 0 Å². The highest BCUT2D eigenvalue weighted by Crippen LogP contribution is 2.20. The first-order valence-electron chi connectivity index (χ1n) is 7.87. The van der Waals surface area contributed by atoms with E-state index in [1.165, 1.54) is 24.8 Å². The summed E-state index contributed by atoms with van der Waals surface area (Å²) in [5.74, 6) is 0.974. The second kappa shape index (κ2) is 8.28. The monoisotopic (exact) mass is 277 g/mol. The summed E-state index contributed by atoms with van der Waals surface area (Å²) in [6, 6.07) is 8.73. The molecule has 0 amide bonds. The number of unbranched alkanes of at least 4 members (excludes halogenated alkanes) is 1. The highest BCUT2D eigenvalue weighted by atomic mass is 16.5. The molecule has 1 aliphatic heterocycles. The lowest BCUT2D eigenvalue weighted by molar-refractivity contribution is 0.108. The number of benzene rings is 1. The molecule has 1 aromatic carbocycles. The second-order valence-electron chi connectivity index (χ2n) is 5.54. The average Bonchev–Trinajstić information content (AvgIpc) is 2.99. The van der Waals surface area contributed by atoms with Crippen molar-refractivity contribution in [2.75, 3.05) is 19.8 Å². The molecule has 0 bridgehead atoms. The molecule has 0 radical (unpaired) electrons. The third-order valence-electron chi connectivity index (χ3n) is 3.80. The summed E-state index contributed by atoms with van der Waals surface area (Å²) < 4.78 is 11.4. The molecular weight excluding hydrogens is 250 g/mol. The van der Waals surface area contributed by atoms with Gasteiger partial charge in [-0.3, -0.25) is 0 Å². The largest absolute Gasteiger partial charge is 0.494 e. The van der Waals surface area contributed by atoms with Crippen molar-refractivity contribution in [1.29, 1.82) is 0 Å². The highest BCUT2D eigenvalue weighted by molar-refractivity contribution is 5.30. The fourth-order valence-electron chi connectivity index (χ4n) is 2.44. The van der Waals surface area contributed by atoms with E-state index in [2.05, 4.69) is 37.4 Å². The Kier molecular flexibility index (Phi) is 6.34. The van der Waals surface area contributed by atoms with Crippen LogP contribution in [0.2, 0.25) is 0 Å². The first kappa shape index (κ1) is 15.3. The first-order valence-corrected chi connectivity index (χ1v) is 7.87. The van der Waals surface area contributed by atoms with Crippen LogP contribution in [-0.4, -0.2) is 25.9 Å². The van der Waals surface area contributed by atoms with Crippen LogP contribution in [0.1, 0.15) is 51.1 Å². The minimum absolute atomic E-state index is 0.328. The smallest absolute Gasteiger partial charge is 0.119 e. The van der Waals surface area contributed by atoms with E-state index in [-0.39, 0.29) is 0 Å². The molecule has 0 spiro atoms. The molecule has 20 heavy (non-hydrogen) atoms. The van der Waals surface area contributed by atoms with Crippen molar-refractivity contribution < 1.29 is 9.47 Å². The van der Waals surface area contributed by atoms with E-state index in [1.54, 1.807) is 0 Å². The molecule has 0 aromatic heterocycles. The maximum atomic E-state index is 5.76. The number of hydrogen-bond donors (Lipinski definition) is 1. The van der Waals surface area contributed by atoms with Gasteiger partial charge in [0.25, 0.3) is 0 Å². The van der Waals surface area contributed by atoms with Gasteiger partial charge in [-0.15, -0.1) is 0 Å². The lowest BCUT2D eigenvalue weighted by Gasteiger charge is -2.18. The maximum Gasteiger partial charge on any atom is 0.119 e. The zero-order valence-corrected chi connectivity index (χ0v) is 12.7. The Balaban J connectivity index is 1.81. The maximum absolute atomic E-state index is 5.76. The zero-order chi connectivity index (χ0) is 14.2. The van der Waals surface area contributed by atoms with Crippen molar-refractivity contribution in [3.63, 3.8) is 0 Å². The molecule has 112 valence electrons. The number of ether oxygens (including phenoxy) is 2. The summed E-state index contributed by atoms with van der Waals surface area (Å²) in [5.41, 5.74) is 1.27. The van der Waals surface area contributed by atoms with Crippen molar-refractivity contribution in [3.8, 4) is 5.75 Å². The molecule has 1 aliphatic rings. The van der Waals surface area contributed by atoms with Gasteiger partial charge in [0, 0.05) is 19.2 Å². The molecule has 1 saturated heterocycles. The van der Waals surface area contributed by atoms with Gasteiger partial charge in [-0.05, 0) is 43.9 Å². The Morgan fingerprint density at radius 3 is 3.10 bits per heavy atom. The van der Waals surface area contributed by atoms with Crippen LogP contribution in [0.4, 0.5) is 0 Å². The summed E-state index contributed by atoms with van der Waals surface area (Å²) in [5, 5.41) is 3.55. The van der Waals surface area contributed by atoms with Crippen molar-refractivity contribution in [2.45, 2.75) is 51.7 Å². The van der Waals surface area contributed by atoms with Gasteiger partial charge in [-0.1, -0.05) is 25.5 Å². The van der Waals surface area contributed by atoms with E-state index < -0.39 is 0 Å². The molecule has 3 nitrogen and oxygen atoms in total. The van der Waals surface area contributed by atoms with Gasteiger partial charge in [0.1, 0.15) is 5.75 Å². The molecular formula is C17H27NO2. The number of hydrogen-bond acceptors (Lipinski definition) is 3. The summed E-state index contributed by atoms with van der Waals surface area (Å²) in [6.45, 7) is 7.03. The predicted molar refractivity (Wildman–Crippen MR) is 82.2 cm³/mol. The molecule has 1 aromatic rings. The molecule has 1 fully saturated rings. The van der Waals surface area contributed by atoms with E-state index in [4.69, 9.17) is 9.47 Å². The molecule has 0 unspecified atom stereocenters. The Morgan fingerprint density at radius 2 is 2.35 bits per heavy atom. The lowest BCUT2D eigenvalue weighted by Crippen LogP contribution is -2.28. The van der Waals surface area contributed by atoms with E-state index in [0.29, 0.717) is 12.1 Å². The van der Waals surface area contributed by atoms with E-state index in [1.807, 2.05) is 6.07 Å². The molecule has 2 atom stereocenters. The van der Waals surface area contributed by atoms with E-state index in [9.17, 15) is 0 Å². The van der Waals surface area contributed by atoms with Crippen LogP contribution in [0.3, 0.4) is 0 Å². The fourth-order valence-corrected chi connectivity index (χ4v) is 2.44. The molecule has 1 heterocycles. The summed E-state index contributed by atoms with van der Waals surface area (Å²) in [6.07, 6.45) is 5.04. The van der Waals surface area contributed by atoms with Crippen LogP contribution in [0.15, 0.2) is 24.3 Å². The minimum atomic E-state index is 0.328. The van der Waals surface area contributed by atoms with Crippen molar-refractivity contribution >= 4 is 0 Å².